The lowest BCUT2D eigenvalue weighted by Crippen LogP contribution is -2.45. The summed E-state index contributed by atoms with van der Waals surface area (Å²) in [5, 5.41) is 0.932. The first-order valence-corrected chi connectivity index (χ1v) is 5.83. The number of aromatic amines is 1. The van der Waals surface area contributed by atoms with Gasteiger partial charge >= 0.3 is 0 Å². The molecule has 17 heavy (non-hydrogen) atoms. The maximum Gasteiger partial charge on any atom is 0.142 e. The molecule has 1 N–H and O–H groups in total. The fourth-order valence-corrected chi connectivity index (χ4v) is 2.51. The van der Waals surface area contributed by atoms with Crippen LogP contribution in [-0.4, -0.2) is 27.5 Å². The second-order valence-electron chi connectivity index (χ2n) is 5.48. The summed E-state index contributed by atoms with van der Waals surface area (Å²) in [5.41, 5.74) is 3.28. The van der Waals surface area contributed by atoms with Crippen LogP contribution in [0.3, 0.4) is 0 Å². The predicted octanol–water partition coefficient (Wildman–Crippen LogP) is 2.47. The first-order valence-electron chi connectivity index (χ1n) is 5.83. The minimum Gasteiger partial charge on any atom is -0.342 e. The van der Waals surface area contributed by atoms with Crippen LogP contribution in [0.15, 0.2) is 12.3 Å². The van der Waals surface area contributed by atoms with E-state index in [1.165, 1.54) is 17.5 Å². The highest BCUT2D eigenvalue weighted by atomic mass is 19.1. The summed E-state index contributed by atoms with van der Waals surface area (Å²) in [6.45, 7) is 5.28. The highest BCUT2D eigenvalue weighted by molar-refractivity contribution is 5.81. The molecule has 0 spiro atoms. The van der Waals surface area contributed by atoms with Gasteiger partial charge in [-0.3, -0.25) is 4.90 Å². The molecule has 0 fully saturated rings. The van der Waals surface area contributed by atoms with Crippen LogP contribution in [-0.2, 0) is 13.0 Å². The largest absolute Gasteiger partial charge is 0.342 e. The number of hydrogen-bond acceptors (Lipinski definition) is 2. The zero-order valence-electron chi connectivity index (χ0n) is 10.3. The Kier molecular flexibility index (Phi) is 2.08. The first-order chi connectivity index (χ1) is 7.97. The molecular formula is C13H16FN3. The van der Waals surface area contributed by atoms with Gasteiger partial charge < -0.3 is 4.98 Å². The van der Waals surface area contributed by atoms with Crippen molar-refractivity contribution < 1.29 is 4.39 Å². The molecule has 2 aromatic heterocycles. The van der Waals surface area contributed by atoms with Crippen LogP contribution in [0.4, 0.5) is 4.39 Å². The Balaban J connectivity index is 2.22. The van der Waals surface area contributed by atoms with Crippen molar-refractivity contribution in [2.75, 3.05) is 7.05 Å². The Morgan fingerprint density at radius 2 is 2.24 bits per heavy atom. The van der Waals surface area contributed by atoms with Crippen LogP contribution in [0.5, 0.6) is 0 Å². The second-order valence-corrected chi connectivity index (χ2v) is 5.48. The predicted molar refractivity (Wildman–Crippen MR) is 65.3 cm³/mol. The molecule has 4 heteroatoms. The number of hydrogen-bond donors (Lipinski definition) is 1. The van der Waals surface area contributed by atoms with Crippen molar-refractivity contribution in [1.82, 2.24) is 14.9 Å². The molecule has 0 aromatic carbocycles. The number of rotatable bonds is 0. The zero-order valence-corrected chi connectivity index (χ0v) is 10.3. The Morgan fingerprint density at radius 1 is 1.47 bits per heavy atom. The molecule has 0 radical (unpaired) electrons. The van der Waals surface area contributed by atoms with Crippen molar-refractivity contribution in [3.8, 4) is 0 Å². The zero-order chi connectivity index (χ0) is 12.2. The third-order valence-electron chi connectivity index (χ3n) is 3.85. The van der Waals surface area contributed by atoms with E-state index in [2.05, 4.69) is 35.8 Å². The summed E-state index contributed by atoms with van der Waals surface area (Å²) in [5.74, 6) is -0.268. The van der Waals surface area contributed by atoms with E-state index in [0.717, 1.165) is 24.0 Å². The van der Waals surface area contributed by atoms with E-state index < -0.39 is 0 Å². The molecule has 3 nitrogen and oxygen atoms in total. The van der Waals surface area contributed by atoms with Gasteiger partial charge in [-0.1, -0.05) is 0 Å². The summed E-state index contributed by atoms with van der Waals surface area (Å²) >= 11 is 0. The van der Waals surface area contributed by atoms with Crippen molar-refractivity contribution in [2.45, 2.75) is 32.4 Å². The van der Waals surface area contributed by atoms with Gasteiger partial charge in [-0.2, -0.15) is 0 Å². The molecule has 2 aromatic rings. The van der Waals surface area contributed by atoms with E-state index in [-0.39, 0.29) is 11.4 Å². The second kappa shape index (κ2) is 3.29. The maximum atomic E-state index is 13.3. The molecule has 0 unspecified atom stereocenters. The fraction of sp³-hybridized carbons (Fsp3) is 0.462. The quantitative estimate of drug-likeness (QED) is 0.758. The van der Waals surface area contributed by atoms with Crippen molar-refractivity contribution in [1.29, 1.82) is 0 Å². The Morgan fingerprint density at radius 3 is 3.00 bits per heavy atom. The summed E-state index contributed by atoms with van der Waals surface area (Å²) < 4.78 is 13.3. The highest BCUT2D eigenvalue weighted by Gasteiger charge is 2.32. The van der Waals surface area contributed by atoms with Crippen molar-refractivity contribution in [3.05, 3.63) is 29.3 Å². The number of nitrogens with zero attached hydrogens (tertiary/aromatic N) is 2. The maximum absolute atomic E-state index is 13.3. The van der Waals surface area contributed by atoms with Crippen LogP contribution in [0.25, 0.3) is 11.0 Å². The average molecular weight is 233 g/mol. The van der Waals surface area contributed by atoms with Crippen molar-refractivity contribution in [3.63, 3.8) is 0 Å². The smallest absolute Gasteiger partial charge is 0.142 e. The summed E-state index contributed by atoms with van der Waals surface area (Å²) in [6.07, 6.45) is 2.18. The lowest BCUT2D eigenvalue weighted by molar-refractivity contribution is 0.132. The molecule has 0 atom stereocenters. The van der Waals surface area contributed by atoms with E-state index in [9.17, 15) is 4.39 Å². The van der Waals surface area contributed by atoms with Crippen LogP contribution >= 0.6 is 0 Å². The van der Waals surface area contributed by atoms with E-state index in [4.69, 9.17) is 0 Å². The lowest BCUT2D eigenvalue weighted by atomic mass is 9.88. The van der Waals surface area contributed by atoms with E-state index in [0.29, 0.717) is 0 Å². The lowest BCUT2D eigenvalue weighted by Gasteiger charge is -2.39. The van der Waals surface area contributed by atoms with Gasteiger partial charge in [-0.15, -0.1) is 0 Å². The molecule has 0 saturated heterocycles. The third-order valence-corrected chi connectivity index (χ3v) is 3.85. The molecule has 1 aliphatic rings. The van der Waals surface area contributed by atoms with Gasteiger partial charge in [0, 0.05) is 23.2 Å². The molecule has 3 rings (SSSR count). The molecule has 90 valence electrons. The van der Waals surface area contributed by atoms with E-state index in [1.54, 1.807) is 6.07 Å². The number of H-pyrrole nitrogens is 1. The normalized spacial score (nSPS) is 19.5. The van der Waals surface area contributed by atoms with Gasteiger partial charge in [0.15, 0.2) is 0 Å². The molecular weight excluding hydrogens is 217 g/mol. The number of aromatic nitrogens is 2. The average Bonchev–Trinajstić information content (AvgIpc) is 2.56. The Labute approximate surface area is 99.7 Å². The molecule has 0 aliphatic carbocycles. The van der Waals surface area contributed by atoms with Crippen LogP contribution in [0.2, 0.25) is 0 Å². The standard InChI is InChI=1S/C13H16FN3/c1-13(2)5-10-9-4-8(14)6-15-12(9)16-11(10)7-17(13)3/h4,6H,5,7H2,1-3H3,(H,15,16). The molecule has 3 heterocycles. The van der Waals surface area contributed by atoms with Crippen molar-refractivity contribution in [2.24, 2.45) is 0 Å². The van der Waals surface area contributed by atoms with Gasteiger partial charge in [-0.25, -0.2) is 9.37 Å². The number of likely N-dealkylation sites (N-methyl/N-ethyl adjacent to an activating group) is 1. The highest BCUT2D eigenvalue weighted by Crippen LogP contribution is 2.33. The SMILES string of the molecule is CN1Cc2[nH]c3ncc(F)cc3c2CC1(C)C. The topological polar surface area (TPSA) is 31.9 Å². The summed E-state index contributed by atoms with van der Waals surface area (Å²) in [6, 6.07) is 1.58. The number of fused-ring (bicyclic) bond motifs is 3. The van der Waals surface area contributed by atoms with Gasteiger partial charge in [-0.05, 0) is 38.9 Å². The molecule has 0 bridgehead atoms. The van der Waals surface area contributed by atoms with Gasteiger partial charge in [0.1, 0.15) is 11.5 Å². The Hall–Kier alpha value is -1.42. The van der Waals surface area contributed by atoms with Crippen molar-refractivity contribution >= 4 is 11.0 Å². The number of pyridine rings is 1. The first kappa shape index (κ1) is 10.7. The van der Waals surface area contributed by atoms with Crippen LogP contribution in [0.1, 0.15) is 25.1 Å². The summed E-state index contributed by atoms with van der Waals surface area (Å²) in [7, 11) is 2.11. The van der Waals surface area contributed by atoms with Gasteiger partial charge in [0.25, 0.3) is 0 Å². The third kappa shape index (κ3) is 1.55. The molecule has 0 amide bonds. The minimum atomic E-state index is -0.268. The van der Waals surface area contributed by atoms with Gasteiger partial charge in [0.2, 0.25) is 0 Å². The van der Waals surface area contributed by atoms with E-state index >= 15 is 0 Å². The molecule has 1 aliphatic heterocycles. The van der Waals surface area contributed by atoms with Crippen LogP contribution < -0.4 is 0 Å². The summed E-state index contributed by atoms with van der Waals surface area (Å²) in [4.78, 5) is 9.71. The van der Waals surface area contributed by atoms with Gasteiger partial charge in [0.05, 0.1) is 6.20 Å². The minimum absolute atomic E-state index is 0.106. The number of nitrogens with one attached hydrogen (secondary N) is 1. The monoisotopic (exact) mass is 233 g/mol. The molecule has 0 saturated carbocycles. The fourth-order valence-electron chi connectivity index (χ4n) is 2.51. The Bertz CT molecular complexity index is 586. The number of halogens is 1. The van der Waals surface area contributed by atoms with E-state index in [1.807, 2.05) is 0 Å². The van der Waals surface area contributed by atoms with Crippen LogP contribution in [0, 0.1) is 5.82 Å².